The summed E-state index contributed by atoms with van der Waals surface area (Å²) >= 11 is 0. The number of amides is 1. The van der Waals surface area contributed by atoms with E-state index in [1.54, 1.807) is 4.90 Å². The van der Waals surface area contributed by atoms with Crippen LogP contribution in [0.1, 0.15) is 44.8 Å². The topological polar surface area (TPSA) is 91.5 Å². The number of hydrogen-bond donors (Lipinski definition) is 2. The average Bonchev–Trinajstić information content (AvgIpc) is 3.04. The lowest BCUT2D eigenvalue weighted by molar-refractivity contribution is -0.134. The first-order chi connectivity index (χ1) is 9.51. The molecule has 2 rings (SSSR count). The lowest BCUT2D eigenvalue weighted by Gasteiger charge is -2.22. The molecular weight excluding hydrogens is 260 g/mol. The summed E-state index contributed by atoms with van der Waals surface area (Å²) in [6.07, 6.45) is 0.00904. The van der Waals surface area contributed by atoms with Crippen LogP contribution >= 0.6 is 0 Å². The number of hydrogen-bond acceptors (Lipinski definition) is 6. The van der Waals surface area contributed by atoms with Crippen molar-refractivity contribution in [3.63, 3.8) is 0 Å². The number of carbonyl (C=O) groups excluding carboxylic acids is 1. The molecule has 7 heteroatoms. The van der Waals surface area contributed by atoms with Gasteiger partial charge in [0.15, 0.2) is 5.82 Å². The number of aliphatic hydroxyl groups is 1. The molecule has 1 saturated heterocycles. The molecular formula is C13H22N4O3. The smallest absolute Gasteiger partial charge is 0.246 e. The molecule has 20 heavy (non-hydrogen) atoms. The fraction of sp³-hybridized carbons (Fsp3) is 0.769. The van der Waals surface area contributed by atoms with Gasteiger partial charge in [-0.2, -0.15) is 4.98 Å². The Morgan fingerprint density at radius 2 is 2.35 bits per heavy atom. The van der Waals surface area contributed by atoms with Gasteiger partial charge in [-0.15, -0.1) is 0 Å². The van der Waals surface area contributed by atoms with Crippen molar-refractivity contribution in [2.24, 2.45) is 0 Å². The van der Waals surface area contributed by atoms with Gasteiger partial charge >= 0.3 is 0 Å². The van der Waals surface area contributed by atoms with Crippen LogP contribution in [0.5, 0.6) is 0 Å². The molecule has 0 saturated carbocycles. The fourth-order valence-electron chi connectivity index (χ4n) is 2.20. The summed E-state index contributed by atoms with van der Waals surface area (Å²) < 4.78 is 5.17. The highest BCUT2D eigenvalue weighted by molar-refractivity contribution is 5.82. The van der Waals surface area contributed by atoms with Gasteiger partial charge in [-0.05, 0) is 13.3 Å². The van der Waals surface area contributed by atoms with E-state index in [2.05, 4.69) is 15.5 Å². The molecule has 1 aliphatic heterocycles. The van der Waals surface area contributed by atoms with Crippen molar-refractivity contribution in [3.05, 3.63) is 11.7 Å². The number of β-amino-alcohol motifs (C(OH)–C–C–N with tert-alkyl or cyclic N) is 1. The Morgan fingerprint density at radius 3 is 2.85 bits per heavy atom. The summed E-state index contributed by atoms with van der Waals surface area (Å²) in [7, 11) is 0. The van der Waals surface area contributed by atoms with Gasteiger partial charge in [0.1, 0.15) is 6.54 Å². The van der Waals surface area contributed by atoms with Crippen LogP contribution in [0.3, 0.4) is 0 Å². The van der Waals surface area contributed by atoms with Crippen LogP contribution in [-0.4, -0.2) is 51.3 Å². The number of likely N-dealkylation sites (N-methyl/N-ethyl adjacent to an activating group) is 1. The molecule has 1 aromatic heterocycles. The maximum absolute atomic E-state index is 12.3. The molecule has 0 radical (unpaired) electrons. The maximum atomic E-state index is 12.3. The lowest BCUT2D eigenvalue weighted by Crippen LogP contribution is -2.43. The molecule has 1 fully saturated rings. The Hall–Kier alpha value is -1.47. The number of aromatic nitrogens is 2. The van der Waals surface area contributed by atoms with Gasteiger partial charge < -0.3 is 19.8 Å². The summed E-state index contributed by atoms with van der Waals surface area (Å²) in [4.78, 5) is 18.3. The molecule has 0 bridgehead atoms. The number of nitrogens with one attached hydrogen (secondary N) is 1. The van der Waals surface area contributed by atoms with Crippen LogP contribution < -0.4 is 5.32 Å². The van der Waals surface area contributed by atoms with Gasteiger partial charge in [-0.25, -0.2) is 0 Å². The van der Waals surface area contributed by atoms with Crippen molar-refractivity contribution >= 4 is 5.91 Å². The van der Waals surface area contributed by atoms with Crippen molar-refractivity contribution < 1.29 is 14.4 Å². The van der Waals surface area contributed by atoms with Gasteiger partial charge in [-0.1, -0.05) is 19.0 Å². The van der Waals surface area contributed by atoms with Crippen LogP contribution in [0.15, 0.2) is 4.52 Å². The first-order valence-corrected chi connectivity index (χ1v) is 7.04. The molecule has 2 atom stereocenters. The van der Waals surface area contributed by atoms with E-state index in [0.717, 1.165) is 0 Å². The van der Waals surface area contributed by atoms with Crippen LogP contribution in [0.4, 0.5) is 0 Å². The van der Waals surface area contributed by atoms with Crippen molar-refractivity contribution in [2.45, 2.75) is 51.8 Å². The zero-order valence-electron chi connectivity index (χ0n) is 12.2. The summed E-state index contributed by atoms with van der Waals surface area (Å²) in [5, 5.41) is 16.4. The van der Waals surface area contributed by atoms with Crippen LogP contribution in [0.2, 0.25) is 0 Å². The third-order valence-electron chi connectivity index (χ3n) is 3.43. The molecule has 7 nitrogen and oxygen atoms in total. The van der Waals surface area contributed by atoms with Gasteiger partial charge in [0.25, 0.3) is 0 Å². The van der Waals surface area contributed by atoms with Crippen molar-refractivity contribution in [1.29, 1.82) is 0 Å². The minimum Gasteiger partial charge on any atom is -0.392 e. The Balaban J connectivity index is 1.99. The number of carbonyl (C=O) groups is 1. The zero-order valence-corrected chi connectivity index (χ0v) is 12.2. The van der Waals surface area contributed by atoms with Crippen molar-refractivity contribution in [3.8, 4) is 0 Å². The second-order valence-electron chi connectivity index (χ2n) is 5.40. The predicted octanol–water partition coefficient (Wildman–Crippen LogP) is 0.264. The first kappa shape index (κ1) is 14.9. The molecule has 1 aliphatic rings. The predicted molar refractivity (Wildman–Crippen MR) is 71.9 cm³/mol. The Kier molecular flexibility index (Phi) is 4.72. The number of rotatable bonds is 5. The van der Waals surface area contributed by atoms with E-state index in [4.69, 9.17) is 4.52 Å². The fourth-order valence-corrected chi connectivity index (χ4v) is 2.20. The highest BCUT2D eigenvalue weighted by atomic mass is 16.5. The van der Waals surface area contributed by atoms with Crippen molar-refractivity contribution in [1.82, 2.24) is 20.4 Å². The van der Waals surface area contributed by atoms with Crippen LogP contribution in [0, 0.1) is 0 Å². The molecule has 2 heterocycles. The first-order valence-electron chi connectivity index (χ1n) is 7.04. The molecule has 0 aliphatic carbocycles. The highest BCUT2D eigenvalue weighted by Crippen LogP contribution is 2.14. The molecule has 0 spiro atoms. The monoisotopic (exact) mass is 282 g/mol. The molecule has 1 aromatic rings. The molecule has 1 amide bonds. The number of nitrogens with zero attached hydrogens (tertiary/aromatic N) is 3. The SMILES string of the molecule is CCN(Cc1nc(C(C)C)no1)C(=O)[C@H]1C[C@@H](O)CN1. The van der Waals surface area contributed by atoms with Gasteiger partial charge in [0.2, 0.25) is 11.8 Å². The van der Waals surface area contributed by atoms with E-state index in [-0.39, 0.29) is 17.9 Å². The third-order valence-corrected chi connectivity index (χ3v) is 3.43. The summed E-state index contributed by atoms with van der Waals surface area (Å²) in [5.41, 5.74) is 0. The second-order valence-corrected chi connectivity index (χ2v) is 5.40. The van der Waals surface area contributed by atoms with Gasteiger partial charge in [0, 0.05) is 19.0 Å². The quantitative estimate of drug-likeness (QED) is 0.805. The summed E-state index contributed by atoms with van der Waals surface area (Å²) in [6, 6.07) is -0.322. The Labute approximate surface area is 118 Å². The summed E-state index contributed by atoms with van der Waals surface area (Å²) in [6.45, 7) is 7.22. The molecule has 0 unspecified atom stereocenters. The zero-order chi connectivity index (χ0) is 14.7. The molecule has 2 N–H and O–H groups in total. The van der Waals surface area contributed by atoms with Crippen LogP contribution in [-0.2, 0) is 11.3 Å². The van der Waals surface area contributed by atoms with E-state index >= 15 is 0 Å². The van der Waals surface area contributed by atoms with E-state index < -0.39 is 6.10 Å². The Bertz CT molecular complexity index is 460. The third kappa shape index (κ3) is 3.34. The van der Waals surface area contributed by atoms with Gasteiger partial charge in [-0.3, -0.25) is 4.79 Å². The van der Waals surface area contributed by atoms with Gasteiger partial charge in [0.05, 0.1) is 12.1 Å². The standard InChI is InChI=1S/C13H22N4O3/c1-4-17(13(19)10-5-9(18)6-14-10)7-11-15-12(8(2)3)16-20-11/h8-10,14,18H,4-7H2,1-3H3/t9-,10-/m1/s1. The molecule has 0 aromatic carbocycles. The average molecular weight is 282 g/mol. The second kappa shape index (κ2) is 6.32. The van der Waals surface area contributed by atoms with Crippen LogP contribution in [0.25, 0.3) is 0 Å². The van der Waals surface area contributed by atoms with E-state index in [1.807, 2.05) is 20.8 Å². The summed E-state index contributed by atoms with van der Waals surface area (Å²) in [5.74, 6) is 1.26. The normalized spacial score (nSPS) is 22.4. The molecule has 112 valence electrons. The maximum Gasteiger partial charge on any atom is 0.246 e. The largest absolute Gasteiger partial charge is 0.392 e. The van der Waals surface area contributed by atoms with E-state index in [1.165, 1.54) is 0 Å². The highest BCUT2D eigenvalue weighted by Gasteiger charge is 2.31. The number of aliphatic hydroxyl groups excluding tert-OH is 1. The lowest BCUT2D eigenvalue weighted by atomic mass is 10.2. The minimum atomic E-state index is -0.446. The van der Waals surface area contributed by atoms with Crippen molar-refractivity contribution in [2.75, 3.05) is 13.1 Å². The Morgan fingerprint density at radius 1 is 1.60 bits per heavy atom. The van der Waals surface area contributed by atoms with E-state index in [0.29, 0.717) is 37.8 Å². The van der Waals surface area contributed by atoms with E-state index in [9.17, 15) is 9.90 Å². The minimum absolute atomic E-state index is 0.0339.